The van der Waals surface area contributed by atoms with E-state index in [4.69, 9.17) is 13.9 Å². The number of carboxylic acid groups (broad SMARTS) is 1. The number of ether oxygens (including phenoxy) is 2. The van der Waals surface area contributed by atoms with Gasteiger partial charge < -0.3 is 33.6 Å². The van der Waals surface area contributed by atoms with E-state index in [0.717, 1.165) is 6.07 Å². The first-order valence-corrected chi connectivity index (χ1v) is 14.8. The van der Waals surface area contributed by atoms with Crippen LogP contribution in [0.1, 0.15) is 17.3 Å². The summed E-state index contributed by atoms with van der Waals surface area (Å²) < 4.78 is 33.6. The molecule has 6 rings (SSSR count). The van der Waals surface area contributed by atoms with Gasteiger partial charge in [-0.3, -0.25) is 14.5 Å². The number of aryl methyl sites for hydroxylation is 1. The molecule has 1 aliphatic heterocycles. The van der Waals surface area contributed by atoms with Crippen LogP contribution < -0.4 is 25.2 Å². The highest BCUT2D eigenvalue weighted by molar-refractivity contribution is 5.93. The lowest BCUT2D eigenvalue weighted by molar-refractivity contribution is 0.0694. The molecule has 238 valence electrons. The Labute approximate surface area is 262 Å². The first-order chi connectivity index (χ1) is 22.2. The molecular formula is C34H32FN3O8. The summed E-state index contributed by atoms with van der Waals surface area (Å²) in [5.41, 5.74) is 0.536. The number of fused-ring (bicyclic) bond motifs is 2. The highest BCUT2D eigenvalue weighted by atomic mass is 19.1. The number of hydrogen-bond donors (Lipinski definition) is 2. The van der Waals surface area contributed by atoms with Gasteiger partial charge in [-0.05, 0) is 36.8 Å². The highest BCUT2D eigenvalue weighted by Gasteiger charge is 2.23. The Morgan fingerprint density at radius 1 is 1.00 bits per heavy atom. The third-order valence-electron chi connectivity index (χ3n) is 8.34. The first-order valence-electron chi connectivity index (χ1n) is 14.8. The van der Waals surface area contributed by atoms with Crippen LogP contribution in [0.2, 0.25) is 0 Å². The van der Waals surface area contributed by atoms with Crippen LogP contribution in [-0.2, 0) is 6.54 Å². The maximum atomic E-state index is 15.2. The third-order valence-corrected chi connectivity index (χ3v) is 8.34. The van der Waals surface area contributed by atoms with E-state index in [-0.39, 0.29) is 33.1 Å². The fraction of sp³-hybridized carbons (Fsp3) is 0.265. The molecule has 0 spiro atoms. The predicted octanol–water partition coefficient (Wildman–Crippen LogP) is 4.55. The van der Waals surface area contributed by atoms with Gasteiger partial charge in [0.2, 0.25) is 10.9 Å². The first kappa shape index (κ1) is 30.7. The summed E-state index contributed by atoms with van der Waals surface area (Å²) in [5, 5.41) is 20.2. The molecule has 0 unspecified atom stereocenters. The monoisotopic (exact) mass is 629 g/mol. The number of pyridine rings is 1. The number of piperazine rings is 1. The lowest BCUT2D eigenvalue weighted by Crippen LogP contribution is -2.47. The topological polar surface area (TPSA) is 135 Å². The van der Waals surface area contributed by atoms with Gasteiger partial charge >= 0.3 is 5.97 Å². The molecule has 1 saturated heterocycles. The molecule has 1 aliphatic rings. The molecule has 12 heteroatoms. The molecule has 3 heterocycles. The minimum absolute atomic E-state index is 0.0375. The minimum atomic E-state index is -1.35. The lowest BCUT2D eigenvalue weighted by atomic mass is 10.0. The summed E-state index contributed by atoms with van der Waals surface area (Å²) in [6.07, 6.45) is 2.66. The Morgan fingerprint density at radius 2 is 1.74 bits per heavy atom. The number of anilines is 1. The van der Waals surface area contributed by atoms with Gasteiger partial charge in [-0.1, -0.05) is 12.1 Å². The second kappa shape index (κ2) is 12.6. The van der Waals surface area contributed by atoms with Crippen molar-refractivity contribution in [3.63, 3.8) is 0 Å². The number of rotatable bonds is 9. The van der Waals surface area contributed by atoms with E-state index in [1.165, 1.54) is 18.5 Å². The van der Waals surface area contributed by atoms with Crippen LogP contribution in [0.25, 0.3) is 33.0 Å². The van der Waals surface area contributed by atoms with E-state index in [0.29, 0.717) is 79.7 Å². The molecule has 0 atom stereocenters. The molecule has 3 aromatic carbocycles. The van der Waals surface area contributed by atoms with Crippen molar-refractivity contribution in [1.82, 2.24) is 9.47 Å². The molecule has 0 amide bonds. The molecule has 1 fully saturated rings. The second-order valence-electron chi connectivity index (χ2n) is 11.0. The van der Waals surface area contributed by atoms with E-state index in [1.807, 2.05) is 11.8 Å². The number of phenols is 1. The minimum Gasteiger partial charge on any atom is -0.507 e. The Morgan fingerprint density at radius 3 is 2.41 bits per heavy atom. The van der Waals surface area contributed by atoms with E-state index in [2.05, 4.69) is 4.90 Å². The van der Waals surface area contributed by atoms with Gasteiger partial charge in [0.05, 0.1) is 23.9 Å². The number of aromatic hydroxyl groups is 1. The van der Waals surface area contributed by atoms with Crippen molar-refractivity contribution in [2.24, 2.45) is 0 Å². The number of benzene rings is 3. The fourth-order valence-corrected chi connectivity index (χ4v) is 5.82. The zero-order valence-corrected chi connectivity index (χ0v) is 25.3. The normalized spacial score (nSPS) is 13.8. The summed E-state index contributed by atoms with van der Waals surface area (Å²) in [6, 6.07) is 12.7. The summed E-state index contributed by atoms with van der Waals surface area (Å²) >= 11 is 0. The van der Waals surface area contributed by atoms with Crippen LogP contribution >= 0.6 is 0 Å². The van der Waals surface area contributed by atoms with E-state index in [9.17, 15) is 24.6 Å². The van der Waals surface area contributed by atoms with Crippen LogP contribution in [-0.4, -0.2) is 72.1 Å². The van der Waals surface area contributed by atoms with Crippen LogP contribution in [0.3, 0.4) is 0 Å². The van der Waals surface area contributed by atoms with Gasteiger partial charge in [0.15, 0.2) is 0 Å². The molecule has 11 nitrogen and oxygen atoms in total. The fourth-order valence-electron chi connectivity index (χ4n) is 5.82. The lowest BCUT2D eigenvalue weighted by Gasteiger charge is -2.36. The molecule has 0 aliphatic carbocycles. The molecule has 46 heavy (non-hydrogen) atoms. The van der Waals surface area contributed by atoms with E-state index in [1.54, 1.807) is 48.1 Å². The van der Waals surface area contributed by atoms with Crippen molar-refractivity contribution < 1.29 is 33.3 Å². The number of aromatic carboxylic acids is 1. The molecule has 0 radical (unpaired) electrons. The van der Waals surface area contributed by atoms with Crippen molar-refractivity contribution >= 4 is 33.5 Å². The summed E-state index contributed by atoms with van der Waals surface area (Å²) in [5.74, 6) is -1.15. The average molecular weight is 630 g/mol. The van der Waals surface area contributed by atoms with Crippen molar-refractivity contribution in [1.29, 1.82) is 0 Å². The van der Waals surface area contributed by atoms with Crippen molar-refractivity contribution in [3.8, 4) is 28.4 Å². The number of aromatic nitrogens is 1. The smallest absolute Gasteiger partial charge is 0.341 e. The molecule has 2 aromatic heterocycles. The molecular weight excluding hydrogens is 597 g/mol. The van der Waals surface area contributed by atoms with E-state index < -0.39 is 17.2 Å². The molecule has 0 bridgehead atoms. The van der Waals surface area contributed by atoms with Crippen molar-refractivity contribution in [2.45, 2.75) is 13.5 Å². The number of carbonyl (C=O) groups is 1. The predicted molar refractivity (Wildman–Crippen MR) is 171 cm³/mol. The number of carboxylic acids is 1. The summed E-state index contributed by atoms with van der Waals surface area (Å²) in [7, 11) is 1.56. The third kappa shape index (κ3) is 5.74. The number of phenolic OH excluding ortho intramolecular Hbond substituents is 1. The van der Waals surface area contributed by atoms with Crippen LogP contribution in [0.15, 0.2) is 75.0 Å². The molecule has 5 aromatic rings. The Kier molecular flexibility index (Phi) is 8.37. The number of methoxy groups -OCH3 is 1. The van der Waals surface area contributed by atoms with Crippen molar-refractivity contribution in [2.75, 3.05) is 51.3 Å². The van der Waals surface area contributed by atoms with E-state index >= 15 is 4.39 Å². The quantitative estimate of drug-likeness (QED) is 0.239. The molecule has 0 saturated carbocycles. The van der Waals surface area contributed by atoms with Crippen molar-refractivity contribution in [3.05, 3.63) is 92.8 Å². The molecule has 2 N–H and O–H groups in total. The summed E-state index contributed by atoms with van der Waals surface area (Å²) in [4.78, 5) is 41.4. The SMILES string of the molecule is CCn1cc(C(=O)O)c(=O)c2cc(F)c(N3CCN(CCOc4cc(O)c5c(=O)c(-c6ccc(OC)cc6)coc5c4)CC3)cc21. The number of nitrogens with zero attached hydrogens (tertiary/aromatic N) is 3. The van der Waals surface area contributed by atoms with Crippen LogP contribution in [0.5, 0.6) is 17.2 Å². The Balaban J connectivity index is 1.10. The zero-order valence-electron chi connectivity index (χ0n) is 25.3. The van der Waals surface area contributed by atoms with Gasteiger partial charge in [-0.2, -0.15) is 0 Å². The Hall–Kier alpha value is -5.36. The summed E-state index contributed by atoms with van der Waals surface area (Å²) in [6.45, 7) is 5.44. The maximum Gasteiger partial charge on any atom is 0.341 e. The van der Waals surface area contributed by atoms with Crippen LogP contribution in [0, 0.1) is 5.82 Å². The standard InChI is InChI=1S/C34H32FN3O8/c1-3-37-18-24(34(42)43)32(40)23-16-26(35)28(17-27(23)37)38-10-8-36(9-11-38)12-13-45-22-14-29(39)31-30(15-22)46-19-25(33(31)41)20-4-6-21(44-2)7-5-20/h4-7,14-19,39H,3,8-13H2,1-2H3,(H,42,43). The zero-order chi connectivity index (χ0) is 32.5. The van der Waals surface area contributed by atoms with Gasteiger partial charge in [0, 0.05) is 63.0 Å². The Bertz CT molecular complexity index is 2060. The second-order valence-corrected chi connectivity index (χ2v) is 11.0. The van der Waals surface area contributed by atoms with Gasteiger partial charge in [-0.15, -0.1) is 0 Å². The van der Waals surface area contributed by atoms with Gasteiger partial charge in [-0.25, -0.2) is 9.18 Å². The number of halogens is 1. The van der Waals surface area contributed by atoms with Crippen LogP contribution in [0.4, 0.5) is 10.1 Å². The van der Waals surface area contributed by atoms with Gasteiger partial charge in [0.1, 0.15) is 52.5 Å². The average Bonchev–Trinajstić information content (AvgIpc) is 3.05. The maximum absolute atomic E-state index is 15.2. The largest absolute Gasteiger partial charge is 0.507 e. The number of hydrogen-bond acceptors (Lipinski definition) is 9. The highest BCUT2D eigenvalue weighted by Crippen LogP contribution is 2.31. The van der Waals surface area contributed by atoms with Gasteiger partial charge in [0.25, 0.3) is 0 Å².